The SMILES string of the molecule is Nc1ccc2c(n1)CCC2NC(=O)C1CCCCN1C(=O)C1CC(Cc2ccc(F)cc2)CN1. The first-order valence-corrected chi connectivity index (χ1v) is 12.3. The van der Waals surface area contributed by atoms with E-state index < -0.39 is 6.04 Å². The monoisotopic (exact) mass is 465 g/mol. The lowest BCUT2D eigenvalue weighted by molar-refractivity contribution is -0.144. The zero-order chi connectivity index (χ0) is 23.7. The Morgan fingerprint density at radius 1 is 1.15 bits per heavy atom. The number of anilines is 1. The van der Waals surface area contributed by atoms with E-state index in [4.69, 9.17) is 5.73 Å². The molecule has 34 heavy (non-hydrogen) atoms. The summed E-state index contributed by atoms with van der Waals surface area (Å²) in [6, 6.07) is 9.48. The third-order valence-corrected chi connectivity index (χ3v) is 7.44. The van der Waals surface area contributed by atoms with Gasteiger partial charge in [-0.2, -0.15) is 0 Å². The molecule has 1 aliphatic carbocycles. The number of likely N-dealkylation sites (tertiary alicyclic amines) is 1. The van der Waals surface area contributed by atoms with E-state index in [0.29, 0.717) is 24.7 Å². The fraction of sp³-hybridized carbons (Fsp3) is 0.500. The predicted octanol–water partition coefficient (Wildman–Crippen LogP) is 2.51. The van der Waals surface area contributed by atoms with Crippen LogP contribution in [0.1, 0.15) is 55.0 Å². The molecule has 0 saturated carbocycles. The zero-order valence-corrected chi connectivity index (χ0v) is 19.3. The van der Waals surface area contributed by atoms with Gasteiger partial charge < -0.3 is 21.3 Å². The molecule has 1 aromatic carbocycles. The van der Waals surface area contributed by atoms with Crippen LogP contribution in [0.25, 0.3) is 0 Å². The second kappa shape index (κ2) is 9.70. The van der Waals surface area contributed by atoms with Crippen LogP contribution in [0.3, 0.4) is 0 Å². The first-order valence-electron chi connectivity index (χ1n) is 12.3. The van der Waals surface area contributed by atoms with Gasteiger partial charge in [0.05, 0.1) is 12.1 Å². The molecule has 4 N–H and O–H groups in total. The van der Waals surface area contributed by atoms with Gasteiger partial charge in [0.25, 0.3) is 0 Å². The maximum Gasteiger partial charge on any atom is 0.243 e. The quantitative estimate of drug-likeness (QED) is 0.630. The molecule has 4 unspecified atom stereocenters. The van der Waals surface area contributed by atoms with Crippen molar-refractivity contribution in [1.29, 1.82) is 0 Å². The van der Waals surface area contributed by atoms with E-state index in [9.17, 15) is 14.0 Å². The number of hydrogen-bond acceptors (Lipinski definition) is 5. The molecule has 4 atom stereocenters. The molecule has 2 saturated heterocycles. The average Bonchev–Trinajstić information content (AvgIpc) is 3.47. The number of nitrogens with two attached hydrogens (primary N) is 1. The lowest BCUT2D eigenvalue weighted by atomic mass is 9.95. The second-order valence-corrected chi connectivity index (χ2v) is 9.81. The zero-order valence-electron chi connectivity index (χ0n) is 19.3. The van der Waals surface area contributed by atoms with E-state index in [1.807, 2.05) is 6.07 Å². The van der Waals surface area contributed by atoms with E-state index in [1.165, 1.54) is 12.1 Å². The summed E-state index contributed by atoms with van der Waals surface area (Å²) < 4.78 is 13.2. The topological polar surface area (TPSA) is 100 Å². The number of aromatic nitrogens is 1. The van der Waals surface area contributed by atoms with Crippen LogP contribution in [0.4, 0.5) is 10.2 Å². The summed E-state index contributed by atoms with van der Waals surface area (Å²) in [5, 5.41) is 6.55. The van der Waals surface area contributed by atoms with Crippen molar-refractivity contribution in [2.75, 3.05) is 18.8 Å². The van der Waals surface area contributed by atoms with Crippen LogP contribution in [0.2, 0.25) is 0 Å². The Morgan fingerprint density at radius 2 is 1.97 bits per heavy atom. The molecule has 0 bridgehead atoms. The van der Waals surface area contributed by atoms with Gasteiger partial charge in [-0.1, -0.05) is 18.2 Å². The van der Waals surface area contributed by atoms with E-state index in [1.54, 1.807) is 23.1 Å². The van der Waals surface area contributed by atoms with E-state index in [-0.39, 0.29) is 29.7 Å². The molecule has 2 amide bonds. The third-order valence-electron chi connectivity index (χ3n) is 7.44. The van der Waals surface area contributed by atoms with Crippen molar-refractivity contribution in [3.8, 4) is 0 Å². The van der Waals surface area contributed by atoms with Gasteiger partial charge >= 0.3 is 0 Å². The fourth-order valence-corrected chi connectivity index (χ4v) is 5.68. The first kappa shape index (κ1) is 22.8. The number of aryl methyl sites for hydroxylation is 1. The third kappa shape index (κ3) is 4.78. The number of piperidine rings is 1. The summed E-state index contributed by atoms with van der Waals surface area (Å²) in [5.74, 6) is 0.506. The summed E-state index contributed by atoms with van der Waals surface area (Å²) in [5.41, 5.74) is 8.85. The Hall–Kier alpha value is -3.00. The maximum atomic E-state index is 13.4. The Labute approximate surface area is 199 Å². The highest BCUT2D eigenvalue weighted by Crippen LogP contribution is 2.31. The Kier molecular flexibility index (Phi) is 6.50. The van der Waals surface area contributed by atoms with Gasteiger partial charge in [0.1, 0.15) is 17.7 Å². The summed E-state index contributed by atoms with van der Waals surface area (Å²) in [6.07, 6.45) is 5.66. The Bertz CT molecular complexity index is 1060. The van der Waals surface area contributed by atoms with Crippen molar-refractivity contribution < 1.29 is 14.0 Å². The minimum Gasteiger partial charge on any atom is -0.384 e. The van der Waals surface area contributed by atoms with Crippen molar-refractivity contribution in [3.05, 3.63) is 59.0 Å². The number of hydrogen-bond donors (Lipinski definition) is 3. The van der Waals surface area contributed by atoms with Crippen LogP contribution in [0, 0.1) is 11.7 Å². The van der Waals surface area contributed by atoms with Crippen LogP contribution in [0.5, 0.6) is 0 Å². The predicted molar refractivity (Wildman–Crippen MR) is 127 cm³/mol. The number of carbonyl (C=O) groups excluding carboxylic acids is 2. The van der Waals surface area contributed by atoms with E-state index in [0.717, 1.165) is 61.9 Å². The molecule has 2 aliphatic heterocycles. The van der Waals surface area contributed by atoms with Gasteiger partial charge in [0, 0.05) is 12.2 Å². The van der Waals surface area contributed by atoms with Crippen LogP contribution >= 0.6 is 0 Å². The molecule has 8 heteroatoms. The standard InChI is InChI=1S/C26H32FN5O2/c27-18-6-4-16(5-7-18)13-17-14-22(29-15-17)26(34)32-12-2-1-3-23(32)25(33)31-21-10-9-20-19(21)8-11-24(28)30-20/h4-8,11,17,21-23,29H,1-3,9-10,12-15H2,(H2,28,30)(H,31,33). The number of nitrogen functional groups attached to an aromatic ring is 1. The summed E-state index contributed by atoms with van der Waals surface area (Å²) in [6.45, 7) is 1.35. The molecule has 7 nitrogen and oxygen atoms in total. The molecular formula is C26H32FN5O2. The average molecular weight is 466 g/mol. The number of carbonyl (C=O) groups is 2. The molecule has 180 valence electrons. The van der Waals surface area contributed by atoms with Crippen molar-refractivity contribution in [3.63, 3.8) is 0 Å². The molecule has 3 aliphatic rings. The second-order valence-electron chi connectivity index (χ2n) is 9.81. The van der Waals surface area contributed by atoms with Crippen molar-refractivity contribution in [2.45, 2.75) is 63.1 Å². The smallest absolute Gasteiger partial charge is 0.243 e. The number of benzene rings is 1. The number of fused-ring (bicyclic) bond motifs is 1. The summed E-state index contributed by atoms with van der Waals surface area (Å²) >= 11 is 0. The number of rotatable bonds is 5. The summed E-state index contributed by atoms with van der Waals surface area (Å²) in [7, 11) is 0. The number of amides is 2. The van der Waals surface area contributed by atoms with Crippen molar-refractivity contribution in [2.24, 2.45) is 5.92 Å². The van der Waals surface area contributed by atoms with E-state index in [2.05, 4.69) is 15.6 Å². The highest BCUT2D eigenvalue weighted by molar-refractivity contribution is 5.90. The minimum absolute atomic E-state index is 0.0164. The Morgan fingerprint density at radius 3 is 2.79 bits per heavy atom. The molecule has 0 spiro atoms. The van der Waals surface area contributed by atoms with Crippen LogP contribution in [-0.2, 0) is 22.4 Å². The fourth-order valence-electron chi connectivity index (χ4n) is 5.68. The number of pyridine rings is 1. The van der Waals surface area contributed by atoms with Gasteiger partial charge in [-0.3, -0.25) is 9.59 Å². The number of halogens is 1. The molecule has 2 aromatic rings. The van der Waals surface area contributed by atoms with E-state index >= 15 is 0 Å². The normalized spacial score (nSPS) is 26.3. The molecule has 5 rings (SSSR count). The Balaban J connectivity index is 1.21. The van der Waals surface area contributed by atoms with Crippen molar-refractivity contribution in [1.82, 2.24) is 20.5 Å². The molecule has 0 radical (unpaired) electrons. The maximum absolute atomic E-state index is 13.4. The van der Waals surface area contributed by atoms with Crippen LogP contribution in [-0.4, -0.2) is 46.9 Å². The highest BCUT2D eigenvalue weighted by atomic mass is 19.1. The van der Waals surface area contributed by atoms with Crippen molar-refractivity contribution >= 4 is 17.6 Å². The molecule has 3 heterocycles. The largest absolute Gasteiger partial charge is 0.384 e. The number of nitrogens with one attached hydrogen (secondary N) is 2. The van der Waals surface area contributed by atoms with Gasteiger partial charge in [-0.05, 0) is 86.7 Å². The number of nitrogens with zero attached hydrogens (tertiary/aromatic N) is 2. The van der Waals surface area contributed by atoms with Gasteiger partial charge in [0.15, 0.2) is 0 Å². The molecule has 2 fully saturated rings. The van der Waals surface area contributed by atoms with Crippen LogP contribution in [0.15, 0.2) is 36.4 Å². The van der Waals surface area contributed by atoms with Gasteiger partial charge in [-0.25, -0.2) is 9.37 Å². The molecular weight excluding hydrogens is 433 g/mol. The highest BCUT2D eigenvalue weighted by Gasteiger charge is 2.39. The first-order chi connectivity index (χ1) is 16.5. The lowest BCUT2D eigenvalue weighted by Gasteiger charge is -2.37. The minimum atomic E-state index is -0.440. The molecule has 1 aromatic heterocycles. The van der Waals surface area contributed by atoms with Gasteiger partial charge in [-0.15, -0.1) is 0 Å². The van der Waals surface area contributed by atoms with Gasteiger partial charge in [0.2, 0.25) is 11.8 Å². The summed E-state index contributed by atoms with van der Waals surface area (Å²) in [4.78, 5) is 32.9. The lowest BCUT2D eigenvalue weighted by Crippen LogP contribution is -2.56. The van der Waals surface area contributed by atoms with Crippen LogP contribution < -0.4 is 16.4 Å².